The summed E-state index contributed by atoms with van der Waals surface area (Å²) < 4.78 is 24.5. The van der Waals surface area contributed by atoms with Gasteiger partial charge in [0, 0.05) is 11.8 Å². The number of hydrogen-bond donors (Lipinski definition) is 0. The molecule has 0 amide bonds. The van der Waals surface area contributed by atoms with Crippen LogP contribution < -0.4 is 0 Å². The number of pyridine rings is 1. The van der Waals surface area contributed by atoms with Gasteiger partial charge in [0.25, 0.3) is 6.43 Å². The van der Waals surface area contributed by atoms with Crippen LogP contribution in [0.1, 0.15) is 23.2 Å². The molecule has 12 heavy (non-hydrogen) atoms. The minimum atomic E-state index is -2.45. The molecule has 0 aromatic carbocycles. The van der Waals surface area contributed by atoms with Crippen molar-refractivity contribution >= 4 is 11.6 Å². The Bertz CT molecular complexity index is 276. The van der Waals surface area contributed by atoms with Crippen LogP contribution in [0.25, 0.3) is 0 Å². The lowest BCUT2D eigenvalue weighted by atomic mass is 10.1. The Balaban J connectivity index is 3.08. The molecular formula is C8H8ClF2N. The van der Waals surface area contributed by atoms with E-state index < -0.39 is 6.43 Å². The molecule has 0 saturated heterocycles. The summed E-state index contributed by atoms with van der Waals surface area (Å²) in [6, 6.07) is 1.34. The van der Waals surface area contributed by atoms with E-state index in [0.717, 1.165) is 0 Å². The van der Waals surface area contributed by atoms with Gasteiger partial charge >= 0.3 is 0 Å². The van der Waals surface area contributed by atoms with E-state index in [1.54, 1.807) is 6.92 Å². The predicted octanol–water partition coefficient (Wildman–Crippen LogP) is 3.07. The number of nitrogens with zero attached hydrogens (tertiary/aromatic N) is 1. The Morgan fingerprint density at radius 2 is 2.25 bits per heavy atom. The van der Waals surface area contributed by atoms with Gasteiger partial charge in [-0.3, -0.25) is 4.98 Å². The maximum atomic E-state index is 12.3. The molecule has 0 aliphatic carbocycles. The first-order valence-electron chi connectivity index (χ1n) is 3.44. The molecule has 1 heterocycles. The molecule has 1 rings (SSSR count). The van der Waals surface area contributed by atoms with E-state index in [4.69, 9.17) is 11.6 Å². The van der Waals surface area contributed by atoms with Crippen LogP contribution in [0.15, 0.2) is 12.3 Å². The highest BCUT2D eigenvalue weighted by Gasteiger charge is 2.10. The van der Waals surface area contributed by atoms with Crippen LogP contribution in [0.2, 0.25) is 0 Å². The van der Waals surface area contributed by atoms with Crippen LogP contribution in [-0.4, -0.2) is 4.98 Å². The molecule has 1 aromatic rings. The van der Waals surface area contributed by atoms with Gasteiger partial charge in [-0.1, -0.05) is 0 Å². The van der Waals surface area contributed by atoms with E-state index in [1.165, 1.54) is 12.3 Å². The molecule has 0 radical (unpaired) electrons. The smallest absolute Gasteiger partial charge is 0.260 e. The van der Waals surface area contributed by atoms with Crippen LogP contribution >= 0.6 is 11.6 Å². The number of hydrogen-bond acceptors (Lipinski definition) is 1. The van der Waals surface area contributed by atoms with Gasteiger partial charge in [0.1, 0.15) is 0 Å². The normalized spacial score (nSPS) is 10.8. The molecule has 0 fully saturated rings. The Morgan fingerprint density at radius 1 is 1.58 bits per heavy atom. The fourth-order valence-electron chi connectivity index (χ4n) is 0.893. The average molecular weight is 192 g/mol. The molecule has 4 heteroatoms. The van der Waals surface area contributed by atoms with Crippen molar-refractivity contribution in [2.45, 2.75) is 19.2 Å². The van der Waals surface area contributed by atoms with Crippen LogP contribution in [0.5, 0.6) is 0 Å². The van der Waals surface area contributed by atoms with Crippen molar-refractivity contribution in [1.82, 2.24) is 4.98 Å². The molecule has 1 nitrogen and oxygen atoms in total. The van der Waals surface area contributed by atoms with Gasteiger partial charge < -0.3 is 0 Å². The van der Waals surface area contributed by atoms with Crippen molar-refractivity contribution in [1.29, 1.82) is 0 Å². The molecule has 66 valence electrons. The fraction of sp³-hybridized carbons (Fsp3) is 0.375. The molecule has 0 spiro atoms. The van der Waals surface area contributed by atoms with E-state index in [-0.39, 0.29) is 11.4 Å². The first kappa shape index (κ1) is 9.39. The number of aromatic nitrogens is 1. The highest BCUT2D eigenvalue weighted by Crippen LogP contribution is 2.22. The maximum absolute atomic E-state index is 12.3. The topological polar surface area (TPSA) is 12.9 Å². The second kappa shape index (κ2) is 3.81. The van der Waals surface area contributed by atoms with Crippen molar-refractivity contribution in [2.24, 2.45) is 0 Å². The number of alkyl halides is 3. The first-order chi connectivity index (χ1) is 5.65. The van der Waals surface area contributed by atoms with Gasteiger partial charge in [-0.25, -0.2) is 8.78 Å². The van der Waals surface area contributed by atoms with Gasteiger partial charge in [-0.15, -0.1) is 11.6 Å². The summed E-state index contributed by atoms with van der Waals surface area (Å²) >= 11 is 5.45. The lowest BCUT2D eigenvalue weighted by molar-refractivity contribution is 0.150. The van der Waals surface area contributed by atoms with E-state index >= 15 is 0 Å². The Labute approximate surface area is 74.4 Å². The number of rotatable bonds is 2. The monoisotopic (exact) mass is 191 g/mol. The molecule has 1 aromatic heterocycles. The molecule has 0 unspecified atom stereocenters. The minimum Gasteiger partial charge on any atom is -0.260 e. The fourth-order valence-corrected chi connectivity index (χ4v) is 1.04. The summed E-state index contributed by atoms with van der Waals surface area (Å²) in [6.45, 7) is 1.60. The average Bonchev–Trinajstić information content (AvgIpc) is 2.05. The second-order valence-corrected chi connectivity index (χ2v) is 2.73. The first-order valence-corrected chi connectivity index (χ1v) is 3.98. The summed E-state index contributed by atoms with van der Waals surface area (Å²) in [5.74, 6) is 0.167. The largest absolute Gasteiger partial charge is 0.264 e. The number of aryl methyl sites for hydroxylation is 1. The Hall–Kier alpha value is -0.700. The van der Waals surface area contributed by atoms with E-state index in [2.05, 4.69) is 4.98 Å². The SMILES string of the molecule is Cc1cnc(CCl)cc1C(F)F. The van der Waals surface area contributed by atoms with Crippen molar-refractivity contribution < 1.29 is 8.78 Å². The summed E-state index contributed by atoms with van der Waals surface area (Å²) in [5, 5.41) is 0. The summed E-state index contributed by atoms with van der Waals surface area (Å²) in [7, 11) is 0. The van der Waals surface area contributed by atoms with Crippen molar-refractivity contribution in [3.63, 3.8) is 0 Å². The summed E-state index contributed by atoms with van der Waals surface area (Å²) in [5.41, 5.74) is 0.997. The molecule has 0 atom stereocenters. The van der Waals surface area contributed by atoms with Gasteiger partial charge in [0.05, 0.1) is 11.6 Å². The summed E-state index contributed by atoms with van der Waals surface area (Å²) in [4.78, 5) is 3.87. The zero-order valence-electron chi connectivity index (χ0n) is 6.52. The van der Waals surface area contributed by atoms with Crippen molar-refractivity contribution in [2.75, 3.05) is 0 Å². The zero-order valence-corrected chi connectivity index (χ0v) is 7.28. The summed E-state index contributed by atoms with van der Waals surface area (Å²) in [6.07, 6.45) is -1.03. The van der Waals surface area contributed by atoms with Crippen LogP contribution in [0.3, 0.4) is 0 Å². The van der Waals surface area contributed by atoms with Gasteiger partial charge in [0.15, 0.2) is 0 Å². The van der Waals surface area contributed by atoms with Gasteiger partial charge in [-0.05, 0) is 18.6 Å². The minimum absolute atomic E-state index is 0.0145. The van der Waals surface area contributed by atoms with Crippen LogP contribution in [0, 0.1) is 6.92 Å². The highest BCUT2D eigenvalue weighted by atomic mass is 35.5. The van der Waals surface area contributed by atoms with Crippen LogP contribution in [-0.2, 0) is 5.88 Å². The van der Waals surface area contributed by atoms with Crippen molar-refractivity contribution in [3.05, 3.63) is 29.1 Å². The van der Waals surface area contributed by atoms with Gasteiger partial charge in [0.2, 0.25) is 0 Å². The molecule has 0 N–H and O–H groups in total. The third kappa shape index (κ3) is 1.91. The highest BCUT2D eigenvalue weighted by molar-refractivity contribution is 6.16. The Morgan fingerprint density at radius 3 is 2.75 bits per heavy atom. The molecule has 0 saturated carbocycles. The van der Waals surface area contributed by atoms with E-state index in [0.29, 0.717) is 11.3 Å². The quantitative estimate of drug-likeness (QED) is 0.655. The van der Waals surface area contributed by atoms with Gasteiger partial charge in [-0.2, -0.15) is 0 Å². The maximum Gasteiger partial charge on any atom is 0.264 e. The third-order valence-electron chi connectivity index (χ3n) is 1.57. The lowest BCUT2D eigenvalue weighted by Gasteiger charge is -2.04. The molecule has 0 bridgehead atoms. The second-order valence-electron chi connectivity index (χ2n) is 2.47. The molecular weight excluding hydrogens is 184 g/mol. The number of halogens is 3. The van der Waals surface area contributed by atoms with E-state index in [9.17, 15) is 8.78 Å². The zero-order chi connectivity index (χ0) is 9.14. The van der Waals surface area contributed by atoms with Crippen LogP contribution in [0.4, 0.5) is 8.78 Å². The van der Waals surface area contributed by atoms with E-state index in [1.807, 2.05) is 0 Å². The van der Waals surface area contributed by atoms with Crippen molar-refractivity contribution in [3.8, 4) is 0 Å². The molecule has 0 aliphatic heterocycles. The predicted molar refractivity (Wildman–Crippen MR) is 43.5 cm³/mol. The molecule has 0 aliphatic rings. The third-order valence-corrected chi connectivity index (χ3v) is 1.85. The Kier molecular flexibility index (Phi) is 2.98. The standard InChI is InChI=1S/C8H8ClF2N/c1-5-4-12-6(3-9)2-7(5)8(10)11/h2,4,8H,3H2,1H3. The lowest BCUT2D eigenvalue weighted by Crippen LogP contribution is -1.94.